The molecule has 2 heterocycles. The van der Waals surface area contributed by atoms with Gasteiger partial charge >= 0.3 is 0 Å². The maximum absolute atomic E-state index is 6.08. The minimum Gasteiger partial charge on any atom is -0.392 e. The minimum atomic E-state index is 0.202. The highest BCUT2D eigenvalue weighted by Crippen LogP contribution is 2.22. The van der Waals surface area contributed by atoms with Crippen LogP contribution in [0.4, 0.5) is 0 Å². The highest BCUT2D eigenvalue weighted by atomic mass is 35.5. The number of aromatic nitrogens is 1. The third-order valence-corrected chi connectivity index (χ3v) is 3.04. The first kappa shape index (κ1) is 12.1. The molecular weight excluding hydrogens is 236 g/mol. The molecule has 0 radical (unpaired) electrons. The zero-order chi connectivity index (χ0) is 12.3. The summed E-state index contributed by atoms with van der Waals surface area (Å²) in [4.78, 5) is 9.58. The van der Waals surface area contributed by atoms with Crippen LogP contribution >= 0.6 is 11.6 Å². The molecule has 4 heteroatoms. The van der Waals surface area contributed by atoms with Gasteiger partial charge in [0.2, 0.25) is 0 Å². The van der Waals surface area contributed by atoms with Gasteiger partial charge in [0.25, 0.3) is 0 Å². The maximum Gasteiger partial charge on any atom is 0.133 e. The van der Waals surface area contributed by atoms with Crippen molar-refractivity contribution in [3.8, 4) is 0 Å². The summed E-state index contributed by atoms with van der Waals surface area (Å²) in [5.41, 5.74) is 2.55. The van der Waals surface area contributed by atoms with Crippen molar-refractivity contribution in [2.24, 2.45) is 5.16 Å². The smallest absolute Gasteiger partial charge is 0.133 e. The largest absolute Gasteiger partial charge is 0.392 e. The van der Waals surface area contributed by atoms with Crippen molar-refractivity contribution in [3.63, 3.8) is 0 Å². The monoisotopic (exact) mass is 250 g/mol. The molecule has 0 saturated heterocycles. The molecule has 0 saturated carbocycles. The molecule has 1 aromatic heterocycles. The number of hydrogen-bond donors (Lipinski definition) is 0. The van der Waals surface area contributed by atoms with E-state index in [1.807, 2.05) is 6.07 Å². The van der Waals surface area contributed by atoms with Gasteiger partial charge < -0.3 is 4.84 Å². The van der Waals surface area contributed by atoms with Gasteiger partial charge in [-0.2, -0.15) is 0 Å². The fraction of sp³-hybridized carbons (Fsp3) is 0.385. The molecule has 17 heavy (non-hydrogen) atoms. The third kappa shape index (κ3) is 2.67. The molecule has 1 unspecified atom stereocenters. The molecule has 1 aromatic rings. The summed E-state index contributed by atoms with van der Waals surface area (Å²) in [6.45, 7) is 5.79. The van der Waals surface area contributed by atoms with Crippen LogP contribution in [0.15, 0.2) is 24.0 Å². The first-order valence-electron chi connectivity index (χ1n) is 5.75. The Labute approximate surface area is 106 Å². The van der Waals surface area contributed by atoms with E-state index < -0.39 is 0 Å². The average Bonchev–Trinajstić information content (AvgIpc) is 2.78. The fourth-order valence-corrected chi connectivity index (χ4v) is 2.08. The number of hydrogen-bond acceptors (Lipinski definition) is 3. The molecule has 3 nitrogen and oxygen atoms in total. The van der Waals surface area contributed by atoms with Crippen LogP contribution in [0.25, 0.3) is 6.08 Å². The molecule has 0 bridgehead atoms. The molecule has 1 atom stereocenters. The predicted molar refractivity (Wildman–Crippen MR) is 70.3 cm³/mol. The van der Waals surface area contributed by atoms with Crippen molar-refractivity contribution in [3.05, 3.63) is 35.1 Å². The molecule has 0 N–H and O–H groups in total. The number of halogens is 1. The topological polar surface area (TPSA) is 34.5 Å². The summed E-state index contributed by atoms with van der Waals surface area (Å²) < 4.78 is 0. The van der Waals surface area contributed by atoms with Crippen molar-refractivity contribution < 1.29 is 4.84 Å². The zero-order valence-corrected chi connectivity index (χ0v) is 10.6. The van der Waals surface area contributed by atoms with Gasteiger partial charge in [0.05, 0.1) is 16.4 Å². The van der Waals surface area contributed by atoms with Crippen LogP contribution in [-0.4, -0.2) is 16.8 Å². The van der Waals surface area contributed by atoms with Crippen molar-refractivity contribution in [2.45, 2.75) is 32.3 Å². The molecule has 0 aliphatic carbocycles. The average molecular weight is 251 g/mol. The molecule has 1 aliphatic rings. The lowest BCUT2D eigenvalue weighted by atomic mass is 10.0. The first-order chi connectivity index (χ1) is 8.24. The van der Waals surface area contributed by atoms with E-state index in [-0.39, 0.29) is 6.10 Å². The standard InChI is InChI=1S/C13H15ClN2O/c1-3-5-10-7-13(16-17-10)9-6-11(14)12(4-2)15-8-9/h4,6,8,10H,2-3,5,7H2,1H3. The van der Waals surface area contributed by atoms with E-state index >= 15 is 0 Å². The van der Waals surface area contributed by atoms with Gasteiger partial charge in [-0.3, -0.25) is 4.98 Å². The van der Waals surface area contributed by atoms with Crippen LogP contribution in [-0.2, 0) is 4.84 Å². The first-order valence-corrected chi connectivity index (χ1v) is 6.13. The van der Waals surface area contributed by atoms with Crippen LogP contribution in [0, 0.1) is 0 Å². The van der Waals surface area contributed by atoms with E-state index in [0.717, 1.165) is 30.5 Å². The lowest BCUT2D eigenvalue weighted by molar-refractivity contribution is 0.0786. The van der Waals surface area contributed by atoms with Crippen LogP contribution in [0.2, 0.25) is 5.02 Å². The van der Waals surface area contributed by atoms with Crippen LogP contribution < -0.4 is 0 Å². The second kappa shape index (κ2) is 5.32. The summed E-state index contributed by atoms with van der Waals surface area (Å²) in [6.07, 6.45) is 6.56. The lowest BCUT2D eigenvalue weighted by Gasteiger charge is -2.05. The van der Waals surface area contributed by atoms with Crippen LogP contribution in [0.3, 0.4) is 0 Å². The van der Waals surface area contributed by atoms with Gasteiger partial charge in [0.15, 0.2) is 0 Å². The minimum absolute atomic E-state index is 0.202. The molecular formula is C13H15ClN2O. The molecule has 0 amide bonds. The summed E-state index contributed by atoms with van der Waals surface area (Å²) in [5.74, 6) is 0. The van der Waals surface area contributed by atoms with Crippen LogP contribution in [0.5, 0.6) is 0 Å². The van der Waals surface area contributed by atoms with Gasteiger partial charge in [0, 0.05) is 18.2 Å². The van der Waals surface area contributed by atoms with E-state index in [0.29, 0.717) is 10.7 Å². The Morgan fingerprint density at radius 1 is 1.65 bits per heavy atom. The summed E-state index contributed by atoms with van der Waals surface area (Å²) in [6, 6.07) is 1.86. The van der Waals surface area contributed by atoms with E-state index in [9.17, 15) is 0 Å². The van der Waals surface area contributed by atoms with E-state index in [1.165, 1.54) is 0 Å². The Balaban J connectivity index is 2.14. The summed E-state index contributed by atoms with van der Waals surface area (Å²) in [5, 5.41) is 4.69. The van der Waals surface area contributed by atoms with Crippen molar-refractivity contribution in [1.82, 2.24) is 4.98 Å². The Bertz CT molecular complexity index is 457. The molecule has 0 spiro atoms. The van der Waals surface area contributed by atoms with Crippen molar-refractivity contribution in [1.29, 1.82) is 0 Å². The number of rotatable bonds is 4. The Kier molecular flexibility index (Phi) is 3.79. The van der Waals surface area contributed by atoms with Crippen molar-refractivity contribution >= 4 is 23.4 Å². The summed E-state index contributed by atoms with van der Waals surface area (Å²) >= 11 is 6.08. The van der Waals surface area contributed by atoms with Crippen LogP contribution in [0.1, 0.15) is 37.4 Å². The predicted octanol–water partition coefficient (Wildman–Crippen LogP) is 3.67. The number of nitrogens with zero attached hydrogens (tertiary/aromatic N) is 2. The van der Waals surface area contributed by atoms with Gasteiger partial charge in [0.1, 0.15) is 6.10 Å². The number of oxime groups is 1. The second-order valence-electron chi connectivity index (χ2n) is 4.05. The van der Waals surface area contributed by atoms with E-state index in [4.69, 9.17) is 16.4 Å². The number of pyridine rings is 1. The fourth-order valence-electron chi connectivity index (χ4n) is 1.83. The second-order valence-corrected chi connectivity index (χ2v) is 4.46. The van der Waals surface area contributed by atoms with E-state index in [1.54, 1.807) is 12.3 Å². The molecule has 1 aliphatic heterocycles. The molecule has 90 valence electrons. The lowest BCUT2D eigenvalue weighted by Crippen LogP contribution is -2.08. The molecule has 2 rings (SSSR count). The Hall–Kier alpha value is -1.35. The SMILES string of the molecule is C=Cc1ncc(C2=NOC(CCC)C2)cc1Cl. The summed E-state index contributed by atoms with van der Waals surface area (Å²) in [7, 11) is 0. The van der Waals surface area contributed by atoms with E-state index in [2.05, 4.69) is 23.6 Å². The van der Waals surface area contributed by atoms with Gasteiger partial charge in [-0.1, -0.05) is 36.7 Å². The normalized spacial score (nSPS) is 18.7. The Morgan fingerprint density at radius 3 is 3.12 bits per heavy atom. The highest BCUT2D eigenvalue weighted by Gasteiger charge is 2.21. The quantitative estimate of drug-likeness (QED) is 0.817. The van der Waals surface area contributed by atoms with Crippen molar-refractivity contribution in [2.75, 3.05) is 0 Å². The van der Waals surface area contributed by atoms with Gasteiger partial charge in [-0.25, -0.2) is 0 Å². The highest BCUT2D eigenvalue weighted by molar-refractivity contribution is 6.32. The third-order valence-electron chi connectivity index (χ3n) is 2.74. The maximum atomic E-state index is 6.08. The zero-order valence-electron chi connectivity index (χ0n) is 9.82. The molecule has 0 fully saturated rings. The molecule has 0 aromatic carbocycles. The van der Waals surface area contributed by atoms with Gasteiger partial charge in [-0.05, 0) is 18.6 Å². The van der Waals surface area contributed by atoms with Gasteiger partial charge in [-0.15, -0.1) is 0 Å². The Morgan fingerprint density at radius 2 is 2.47 bits per heavy atom.